The van der Waals surface area contributed by atoms with Crippen LogP contribution in [0, 0.1) is 35.5 Å². The zero-order valence-electron chi connectivity index (χ0n) is 16.1. The number of allylic oxidation sites excluding steroid dienone is 2. The molecule has 3 aliphatic rings. The number of hydrogen-bond donors (Lipinski definition) is 0. The summed E-state index contributed by atoms with van der Waals surface area (Å²) in [6, 6.07) is 0. The van der Waals surface area contributed by atoms with Crippen LogP contribution in [0.15, 0.2) is 12.2 Å². The van der Waals surface area contributed by atoms with Crippen LogP contribution in [0.1, 0.15) is 92.3 Å². The highest BCUT2D eigenvalue weighted by atomic mass is 16.0. The molecule has 3 fully saturated rings. The first-order valence-electron chi connectivity index (χ1n) is 10.4. The summed E-state index contributed by atoms with van der Waals surface area (Å²) in [5, 5.41) is 0. The molecule has 0 radical (unpaired) electrons. The molecule has 4 N–H and O–H groups in total. The van der Waals surface area contributed by atoms with Gasteiger partial charge in [-0.1, -0.05) is 31.9 Å². The van der Waals surface area contributed by atoms with E-state index in [1.807, 2.05) is 0 Å². The lowest BCUT2D eigenvalue weighted by molar-refractivity contribution is 0.110. The highest BCUT2D eigenvalue weighted by Crippen LogP contribution is 2.45. The highest BCUT2D eigenvalue weighted by Gasteiger charge is 2.33. The van der Waals surface area contributed by atoms with Crippen LogP contribution in [-0.2, 0) is 0 Å². The molecular formula is C22H44O2. The Bertz CT molecular complexity index is 347. The smallest absolute Gasteiger partial charge is 0 e. The largest absolute Gasteiger partial charge is 0.412 e. The Kier molecular flexibility index (Phi) is 9.59. The number of rotatable bonds is 3. The molecular weight excluding hydrogens is 296 g/mol. The van der Waals surface area contributed by atoms with Gasteiger partial charge in [-0.15, -0.1) is 0 Å². The van der Waals surface area contributed by atoms with Crippen LogP contribution in [-0.4, -0.2) is 11.0 Å². The van der Waals surface area contributed by atoms with Crippen molar-refractivity contribution in [1.82, 2.24) is 0 Å². The molecule has 0 unspecified atom stereocenters. The Balaban J connectivity index is 0.00000192. The van der Waals surface area contributed by atoms with Gasteiger partial charge in [0.2, 0.25) is 0 Å². The first-order chi connectivity index (χ1) is 10.8. The van der Waals surface area contributed by atoms with Crippen molar-refractivity contribution in [3.63, 3.8) is 0 Å². The molecule has 0 bridgehead atoms. The summed E-state index contributed by atoms with van der Waals surface area (Å²) < 4.78 is 0. The molecule has 0 amide bonds. The molecule has 0 heterocycles. The Hall–Kier alpha value is -0.340. The average molecular weight is 341 g/mol. The van der Waals surface area contributed by atoms with Crippen LogP contribution < -0.4 is 0 Å². The second-order valence-corrected chi connectivity index (χ2v) is 8.90. The summed E-state index contributed by atoms with van der Waals surface area (Å²) in [6.07, 6.45) is 23.1. The molecule has 24 heavy (non-hydrogen) atoms. The van der Waals surface area contributed by atoms with E-state index < -0.39 is 0 Å². The molecule has 2 nitrogen and oxygen atoms in total. The quantitative estimate of drug-likeness (QED) is 0.600. The predicted octanol–water partition coefficient (Wildman–Crippen LogP) is 5.60. The molecule has 3 aliphatic carbocycles. The van der Waals surface area contributed by atoms with E-state index in [1.54, 1.807) is 38.5 Å². The summed E-state index contributed by atoms with van der Waals surface area (Å²) in [5.74, 6) is 6.28. The third-order valence-corrected chi connectivity index (χ3v) is 7.49. The standard InChI is InChI=1S/C22H38.2H2O.H2/c1-3-4-18-7-11-20(12-8-18)22-15-13-21(14-16-22)19-9-5-17(2)6-10-19;;;/h3-4,17-22H,5-16H2,1-2H3;2*1H2;1H/b4-3+;;;. The molecule has 3 saturated carbocycles. The van der Waals surface area contributed by atoms with Crippen LogP contribution in [0.2, 0.25) is 0 Å². The van der Waals surface area contributed by atoms with Crippen LogP contribution in [0.3, 0.4) is 0 Å². The van der Waals surface area contributed by atoms with E-state index >= 15 is 0 Å². The van der Waals surface area contributed by atoms with Gasteiger partial charge in [0, 0.05) is 1.43 Å². The van der Waals surface area contributed by atoms with Crippen molar-refractivity contribution in [2.45, 2.75) is 90.9 Å². The lowest BCUT2D eigenvalue weighted by Gasteiger charge is -2.41. The summed E-state index contributed by atoms with van der Waals surface area (Å²) in [5.41, 5.74) is 0. The van der Waals surface area contributed by atoms with Crippen molar-refractivity contribution in [2.75, 3.05) is 0 Å². The normalized spacial score (nSPS) is 40.6. The summed E-state index contributed by atoms with van der Waals surface area (Å²) >= 11 is 0. The Morgan fingerprint density at radius 2 is 0.917 bits per heavy atom. The van der Waals surface area contributed by atoms with E-state index in [2.05, 4.69) is 26.0 Å². The van der Waals surface area contributed by atoms with Crippen LogP contribution >= 0.6 is 0 Å². The second kappa shape index (κ2) is 10.6. The van der Waals surface area contributed by atoms with Crippen LogP contribution in [0.4, 0.5) is 0 Å². The van der Waals surface area contributed by atoms with Gasteiger partial charge in [-0.2, -0.15) is 0 Å². The third kappa shape index (κ3) is 5.59. The van der Waals surface area contributed by atoms with E-state index in [0.29, 0.717) is 0 Å². The van der Waals surface area contributed by atoms with E-state index in [1.165, 1.54) is 38.5 Å². The molecule has 0 spiro atoms. The van der Waals surface area contributed by atoms with Crippen LogP contribution in [0.25, 0.3) is 0 Å². The van der Waals surface area contributed by atoms with Crippen molar-refractivity contribution in [3.8, 4) is 0 Å². The minimum absolute atomic E-state index is 0. The van der Waals surface area contributed by atoms with Crippen molar-refractivity contribution in [2.24, 2.45) is 35.5 Å². The average Bonchev–Trinajstić information content (AvgIpc) is 2.57. The molecule has 144 valence electrons. The second-order valence-electron chi connectivity index (χ2n) is 8.90. The molecule has 3 rings (SSSR count). The third-order valence-electron chi connectivity index (χ3n) is 7.49. The van der Waals surface area contributed by atoms with Crippen molar-refractivity contribution in [3.05, 3.63) is 12.2 Å². The van der Waals surface area contributed by atoms with Gasteiger partial charge in [0.1, 0.15) is 0 Å². The minimum Gasteiger partial charge on any atom is -0.412 e. The Labute approximate surface area is 151 Å². The monoisotopic (exact) mass is 340 g/mol. The molecule has 0 saturated heterocycles. The lowest BCUT2D eigenvalue weighted by Crippen LogP contribution is -2.29. The van der Waals surface area contributed by atoms with Gasteiger partial charge < -0.3 is 11.0 Å². The Morgan fingerprint density at radius 3 is 1.29 bits per heavy atom. The predicted molar refractivity (Wildman–Crippen MR) is 106 cm³/mol. The maximum Gasteiger partial charge on any atom is 0 e. The molecule has 0 atom stereocenters. The fourth-order valence-corrected chi connectivity index (χ4v) is 5.93. The van der Waals surface area contributed by atoms with Gasteiger partial charge >= 0.3 is 0 Å². The molecule has 0 aromatic carbocycles. The van der Waals surface area contributed by atoms with E-state index in [0.717, 1.165) is 35.5 Å². The molecule has 0 aromatic heterocycles. The van der Waals surface area contributed by atoms with Gasteiger partial charge in [0.05, 0.1) is 0 Å². The SMILES string of the molecule is C/C=C/C1CCC(C2CCC(C3CCC(C)CC3)CC2)CC1.O.O.[HH]. The van der Waals surface area contributed by atoms with Crippen molar-refractivity contribution < 1.29 is 12.4 Å². The van der Waals surface area contributed by atoms with Gasteiger partial charge in [0.15, 0.2) is 0 Å². The maximum atomic E-state index is 2.46. The Morgan fingerprint density at radius 1 is 0.583 bits per heavy atom. The van der Waals surface area contributed by atoms with Gasteiger partial charge in [0.25, 0.3) is 0 Å². The minimum atomic E-state index is 0. The zero-order chi connectivity index (χ0) is 15.4. The highest BCUT2D eigenvalue weighted by molar-refractivity contribution is 4.91. The van der Waals surface area contributed by atoms with Crippen LogP contribution in [0.5, 0.6) is 0 Å². The first-order valence-corrected chi connectivity index (χ1v) is 10.4. The number of hydrogen-bond acceptors (Lipinski definition) is 0. The fourth-order valence-electron chi connectivity index (χ4n) is 5.93. The summed E-state index contributed by atoms with van der Waals surface area (Å²) in [7, 11) is 0. The summed E-state index contributed by atoms with van der Waals surface area (Å²) in [6.45, 7) is 4.64. The van der Waals surface area contributed by atoms with Crippen molar-refractivity contribution in [1.29, 1.82) is 0 Å². The zero-order valence-corrected chi connectivity index (χ0v) is 16.1. The van der Waals surface area contributed by atoms with Gasteiger partial charge in [-0.3, -0.25) is 0 Å². The summed E-state index contributed by atoms with van der Waals surface area (Å²) in [4.78, 5) is 0. The molecule has 0 aromatic rings. The first kappa shape index (κ1) is 21.7. The van der Waals surface area contributed by atoms with E-state index in [9.17, 15) is 0 Å². The topological polar surface area (TPSA) is 63.0 Å². The van der Waals surface area contributed by atoms with E-state index in [-0.39, 0.29) is 12.4 Å². The fraction of sp³-hybridized carbons (Fsp3) is 0.909. The molecule has 2 heteroatoms. The van der Waals surface area contributed by atoms with Crippen molar-refractivity contribution >= 4 is 0 Å². The maximum absolute atomic E-state index is 2.46. The van der Waals surface area contributed by atoms with Gasteiger partial charge in [-0.25, -0.2) is 0 Å². The van der Waals surface area contributed by atoms with E-state index in [4.69, 9.17) is 0 Å². The van der Waals surface area contributed by atoms with Gasteiger partial charge in [-0.05, 0) is 107 Å². The lowest BCUT2D eigenvalue weighted by atomic mass is 9.65. The molecule has 0 aliphatic heterocycles.